The largest absolute Gasteiger partial charge is 0.313 e. The summed E-state index contributed by atoms with van der Waals surface area (Å²) >= 11 is 0. The van der Waals surface area contributed by atoms with Crippen LogP contribution in [0.25, 0.3) is 0 Å². The van der Waals surface area contributed by atoms with Gasteiger partial charge in [0.2, 0.25) is 0 Å². The zero-order chi connectivity index (χ0) is 14.8. The van der Waals surface area contributed by atoms with Crippen molar-refractivity contribution in [2.45, 2.75) is 31.7 Å². The molecule has 1 aliphatic heterocycles. The first-order valence-electron chi connectivity index (χ1n) is 8.01. The molecular formula is C17H24F2N2. The van der Waals surface area contributed by atoms with Gasteiger partial charge in [-0.25, -0.2) is 8.78 Å². The van der Waals surface area contributed by atoms with Crippen molar-refractivity contribution >= 4 is 0 Å². The van der Waals surface area contributed by atoms with Gasteiger partial charge >= 0.3 is 0 Å². The maximum absolute atomic E-state index is 13.3. The van der Waals surface area contributed by atoms with Gasteiger partial charge in [-0.2, -0.15) is 0 Å². The van der Waals surface area contributed by atoms with Crippen LogP contribution >= 0.6 is 0 Å². The lowest BCUT2D eigenvalue weighted by molar-refractivity contribution is 0.291. The Bertz CT molecular complexity index is 459. The highest BCUT2D eigenvalue weighted by atomic mass is 19.1. The second-order valence-electron chi connectivity index (χ2n) is 6.54. The number of rotatable bonds is 5. The van der Waals surface area contributed by atoms with Gasteiger partial charge in [0.15, 0.2) is 0 Å². The molecule has 1 saturated carbocycles. The van der Waals surface area contributed by atoms with Crippen molar-refractivity contribution in [2.75, 3.05) is 26.7 Å². The standard InChI is InChI=1S/C17H24F2N2/c1-20-17(14-7-15(18)9-16(19)8-14)5-6-21-10-12-3-2-4-13(12)11-21/h7-9,12-13,17,20H,2-6,10-11H2,1H3. The Hall–Kier alpha value is -1.00. The monoisotopic (exact) mass is 294 g/mol. The maximum atomic E-state index is 13.3. The van der Waals surface area contributed by atoms with Gasteiger partial charge < -0.3 is 10.2 Å². The summed E-state index contributed by atoms with van der Waals surface area (Å²) in [6.45, 7) is 3.41. The van der Waals surface area contributed by atoms with Crippen molar-refractivity contribution in [3.05, 3.63) is 35.4 Å². The van der Waals surface area contributed by atoms with E-state index in [1.807, 2.05) is 7.05 Å². The van der Waals surface area contributed by atoms with E-state index in [1.165, 1.54) is 44.5 Å². The third kappa shape index (κ3) is 3.43. The van der Waals surface area contributed by atoms with Gasteiger partial charge in [-0.3, -0.25) is 0 Å². The van der Waals surface area contributed by atoms with E-state index in [0.717, 1.165) is 30.9 Å². The molecule has 0 radical (unpaired) electrons. The molecule has 3 unspecified atom stereocenters. The minimum absolute atomic E-state index is 0.00985. The molecule has 21 heavy (non-hydrogen) atoms. The lowest BCUT2D eigenvalue weighted by Gasteiger charge is -2.22. The van der Waals surface area contributed by atoms with E-state index in [4.69, 9.17) is 0 Å². The second kappa shape index (κ2) is 6.41. The van der Waals surface area contributed by atoms with Gasteiger partial charge in [0.1, 0.15) is 11.6 Å². The summed E-state index contributed by atoms with van der Waals surface area (Å²) in [6.07, 6.45) is 5.04. The smallest absolute Gasteiger partial charge is 0.126 e. The lowest BCUT2D eigenvalue weighted by atomic mass is 10.0. The van der Waals surface area contributed by atoms with Crippen LogP contribution in [0.3, 0.4) is 0 Å². The Morgan fingerprint density at radius 2 is 1.76 bits per heavy atom. The van der Waals surface area contributed by atoms with Crippen molar-refractivity contribution < 1.29 is 8.78 Å². The number of halogens is 2. The quantitative estimate of drug-likeness (QED) is 0.896. The molecular weight excluding hydrogens is 270 g/mol. The van der Waals surface area contributed by atoms with E-state index >= 15 is 0 Å². The van der Waals surface area contributed by atoms with E-state index in [-0.39, 0.29) is 6.04 Å². The minimum atomic E-state index is -0.499. The minimum Gasteiger partial charge on any atom is -0.313 e. The van der Waals surface area contributed by atoms with Crippen molar-refractivity contribution in [1.82, 2.24) is 10.2 Å². The Labute approximate surface area is 125 Å². The predicted octanol–water partition coefficient (Wildman–Crippen LogP) is 3.35. The fourth-order valence-corrected chi connectivity index (χ4v) is 4.08. The summed E-state index contributed by atoms with van der Waals surface area (Å²) in [5, 5.41) is 3.19. The molecule has 0 spiro atoms. The molecule has 1 N–H and O–H groups in total. The molecule has 4 heteroatoms. The van der Waals surface area contributed by atoms with Crippen molar-refractivity contribution in [1.29, 1.82) is 0 Å². The van der Waals surface area contributed by atoms with E-state index < -0.39 is 11.6 Å². The van der Waals surface area contributed by atoms with Crippen LogP contribution in [0, 0.1) is 23.5 Å². The van der Waals surface area contributed by atoms with Crippen LogP contribution in [0.2, 0.25) is 0 Å². The molecule has 1 saturated heterocycles. The third-order valence-corrected chi connectivity index (χ3v) is 5.17. The lowest BCUT2D eigenvalue weighted by Crippen LogP contribution is -2.27. The molecule has 1 aromatic carbocycles. The molecule has 3 rings (SSSR count). The Morgan fingerprint density at radius 1 is 1.14 bits per heavy atom. The topological polar surface area (TPSA) is 15.3 Å². The normalized spacial score (nSPS) is 27.0. The first-order chi connectivity index (χ1) is 10.2. The summed E-state index contributed by atoms with van der Waals surface area (Å²) in [5.74, 6) is 0.788. The van der Waals surface area contributed by atoms with E-state index in [0.29, 0.717) is 5.56 Å². The number of benzene rings is 1. The van der Waals surface area contributed by atoms with Gasteiger partial charge in [-0.05, 0) is 62.4 Å². The second-order valence-corrected chi connectivity index (χ2v) is 6.54. The predicted molar refractivity (Wildman–Crippen MR) is 80.0 cm³/mol. The van der Waals surface area contributed by atoms with E-state index in [9.17, 15) is 8.78 Å². The fourth-order valence-electron chi connectivity index (χ4n) is 4.08. The van der Waals surface area contributed by atoms with Crippen molar-refractivity contribution in [3.63, 3.8) is 0 Å². The molecule has 0 bridgehead atoms. The van der Waals surface area contributed by atoms with Crippen LogP contribution in [0.15, 0.2) is 18.2 Å². The highest BCUT2D eigenvalue weighted by Crippen LogP contribution is 2.37. The van der Waals surface area contributed by atoms with Gasteiger partial charge in [0, 0.05) is 25.2 Å². The van der Waals surface area contributed by atoms with Crippen LogP contribution in [0.1, 0.15) is 37.3 Å². The maximum Gasteiger partial charge on any atom is 0.126 e. The number of hydrogen-bond donors (Lipinski definition) is 1. The number of nitrogens with one attached hydrogen (secondary N) is 1. The molecule has 116 valence electrons. The van der Waals surface area contributed by atoms with Gasteiger partial charge in [0.05, 0.1) is 0 Å². The summed E-state index contributed by atoms with van der Waals surface area (Å²) in [5.41, 5.74) is 0.703. The zero-order valence-corrected chi connectivity index (χ0v) is 12.6. The highest BCUT2D eigenvalue weighted by Gasteiger charge is 2.35. The summed E-state index contributed by atoms with van der Waals surface area (Å²) in [4.78, 5) is 2.52. The van der Waals surface area contributed by atoms with Crippen LogP contribution in [0.4, 0.5) is 8.78 Å². The Kier molecular flexibility index (Phi) is 4.55. The Balaban J connectivity index is 1.57. The average molecular weight is 294 g/mol. The van der Waals surface area contributed by atoms with Gasteiger partial charge in [-0.1, -0.05) is 6.42 Å². The highest BCUT2D eigenvalue weighted by molar-refractivity contribution is 5.21. The van der Waals surface area contributed by atoms with Gasteiger partial charge in [0.25, 0.3) is 0 Å². The molecule has 0 amide bonds. The molecule has 1 heterocycles. The van der Waals surface area contributed by atoms with Crippen molar-refractivity contribution in [3.8, 4) is 0 Å². The molecule has 1 aliphatic carbocycles. The summed E-state index contributed by atoms with van der Waals surface area (Å²) in [6, 6.07) is 3.81. The molecule has 3 atom stereocenters. The Morgan fingerprint density at radius 3 is 2.33 bits per heavy atom. The molecule has 2 aliphatic rings. The summed E-state index contributed by atoms with van der Waals surface area (Å²) < 4.78 is 26.7. The van der Waals surface area contributed by atoms with Gasteiger partial charge in [-0.15, -0.1) is 0 Å². The number of hydrogen-bond acceptors (Lipinski definition) is 2. The zero-order valence-electron chi connectivity index (χ0n) is 12.6. The number of fused-ring (bicyclic) bond motifs is 1. The van der Waals surface area contributed by atoms with Crippen LogP contribution in [-0.4, -0.2) is 31.6 Å². The summed E-state index contributed by atoms with van der Waals surface area (Å²) in [7, 11) is 1.85. The first kappa shape index (κ1) is 14.9. The first-order valence-corrected chi connectivity index (χ1v) is 8.01. The number of nitrogens with zero attached hydrogens (tertiary/aromatic N) is 1. The molecule has 2 nitrogen and oxygen atoms in total. The van der Waals surface area contributed by atoms with Crippen LogP contribution < -0.4 is 5.32 Å². The number of likely N-dealkylation sites (tertiary alicyclic amines) is 1. The molecule has 1 aromatic rings. The fraction of sp³-hybridized carbons (Fsp3) is 0.647. The van der Waals surface area contributed by atoms with E-state index in [1.54, 1.807) is 0 Å². The van der Waals surface area contributed by atoms with Crippen molar-refractivity contribution in [2.24, 2.45) is 11.8 Å². The van der Waals surface area contributed by atoms with Crippen LogP contribution in [0.5, 0.6) is 0 Å². The van der Waals surface area contributed by atoms with E-state index in [2.05, 4.69) is 10.2 Å². The average Bonchev–Trinajstić information content (AvgIpc) is 2.99. The molecule has 0 aromatic heterocycles. The molecule has 2 fully saturated rings. The SMILES string of the molecule is CNC(CCN1CC2CCCC2C1)c1cc(F)cc(F)c1. The van der Waals surface area contributed by atoms with Crippen LogP contribution in [-0.2, 0) is 0 Å². The third-order valence-electron chi connectivity index (χ3n) is 5.17.